The van der Waals surface area contributed by atoms with Gasteiger partial charge in [0.25, 0.3) is 0 Å². The van der Waals surface area contributed by atoms with E-state index in [9.17, 15) is 10.1 Å². The average Bonchev–Trinajstić information content (AvgIpc) is 3.51. The van der Waals surface area contributed by atoms with Crippen LogP contribution in [0.25, 0.3) is 0 Å². The Morgan fingerprint density at radius 2 is 2.00 bits per heavy atom. The normalized spacial score (nSPS) is 22.2. The van der Waals surface area contributed by atoms with Gasteiger partial charge in [0.05, 0.1) is 0 Å². The van der Waals surface area contributed by atoms with Crippen molar-refractivity contribution < 1.29 is 9.21 Å². The first-order valence-electron chi connectivity index (χ1n) is 8.87. The Hall–Kier alpha value is -2.23. The van der Waals surface area contributed by atoms with Crippen LogP contribution in [0.1, 0.15) is 50.1 Å². The van der Waals surface area contributed by atoms with Gasteiger partial charge in [-0.1, -0.05) is 0 Å². The lowest BCUT2D eigenvalue weighted by Gasteiger charge is -2.35. The maximum Gasteiger partial charge on any atom is 0.317 e. The van der Waals surface area contributed by atoms with E-state index in [-0.39, 0.29) is 12.1 Å². The van der Waals surface area contributed by atoms with Crippen LogP contribution in [0.2, 0.25) is 0 Å². The lowest BCUT2D eigenvalue weighted by molar-refractivity contribution is 0.189. The van der Waals surface area contributed by atoms with Crippen LogP contribution in [-0.2, 0) is 0 Å². The Balaban J connectivity index is 1.35. The molecule has 1 aliphatic heterocycles. The van der Waals surface area contributed by atoms with Crippen molar-refractivity contribution >= 4 is 11.9 Å². The summed E-state index contributed by atoms with van der Waals surface area (Å²) in [4.78, 5) is 20.5. The summed E-state index contributed by atoms with van der Waals surface area (Å²) in [6.07, 6.45) is 4.64. The maximum absolute atomic E-state index is 12.3. The molecule has 24 heavy (non-hydrogen) atoms. The molecule has 1 aromatic heterocycles. The number of nitrogens with zero attached hydrogens (tertiary/aromatic N) is 4. The van der Waals surface area contributed by atoms with E-state index < -0.39 is 0 Å². The Labute approximate surface area is 141 Å². The molecule has 0 unspecified atom stereocenters. The zero-order chi connectivity index (χ0) is 16.7. The van der Waals surface area contributed by atoms with Crippen molar-refractivity contribution in [1.29, 1.82) is 5.26 Å². The van der Waals surface area contributed by atoms with Crippen LogP contribution in [-0.4, -0.2) is 48.1 Å². The standard InChI is InChI=1S/C17H23N5O2/c1-11(12-2-3-12)19-17(23)22-8-6-21(7-9-22)16-14(10-18)20-15(24-16)13-4-5-13/h11-13H,2-9H2,1H3,(H,19,23)/t11-/m0/s1. The zero-order valence-corrected chi connectivity index (χ0v) is 14.0. The maximum atomic E-state index is 12.3. The summed E-state index contributed by atoms with van der Waals surface area (Å²) in [6.45, 7) is 4.68. The molecule has 1 aromatic rings. The molecule has 2 saturated carbocycles. The van der Waals surface area contributed by atoms with Crippen LogP contribution in [0.5, 0.6) is 0 Å². The molecule has 2 aliphatic carbocycles. The van der Waals surface area contributed by atoms with E-state index in [0.717, 1.165) is 12.8 Å². The number of carbonyl (C=O) groups is 1. The third-order valence-corrected chi connectivity index (χ3v) is 5.19. The van der Waals surface area contributed by atoms with E-state index >= 15 is 0 Å². The molecular formula is C17H23N5O2. The Morgan fingerprint density at radius 1 is 1.29 bits per heavy atom. The topological polar surface area (TPSA) is 85.4 Å². The lowest BCUT2D eigenvalue weighted by atomic mass is 10.2. The smallest absolute Gasteiger partial charge is 0.317 e. The highest BCUT2D eigenvalue weighted by molar-refractivity contribution is 5.75. The van der Waals surface area contributed by atoms with Gasteiger partial charge >= 0.3 is 6.03 Å². The van der Waals surface area contributed by atoms with Gasteiger partial charge in [0.1, 0.15) is 6.07 Å². The SMILES string of the molecule is C[C@H](NC(=O)N1CCN(c2oc(C3CC3)nc2C#N)CC1)C1CC1. The highest BCUT2D eigenvalue weighted by atomic mass is 16.4. The van der Waals surface area contributed by atoms with Crippen molar-refractivity contribution in [1.82, 2.24) is 15.2 Å². The number of nitrogens with one attached hydrogen (secondary N) is 1. The van der Waals surface area contributed by atoms with Crippen LogP contribution in [0.4, 0.5) is 10.7 Å². The summed E-state index contributed by atoms with van der Waals surface area (Å²) in [6, 6.07) is 2.42. The second kappa shape index (κ2) is 6.00. The van der Waals surface area contributed by atoms with Crippen LogP contribution in [0.15, 0.2) is 4.42 Å². The molecule has 0 spiro atoms. The number of anilines is 1. The fourth-order valence-electron chi connectivity index (χ4n) is 3.23. The molecule has 1 saturated heterocycles. The van der Waals surface area contributed by atoms with Crippen LogP contribution in [0.3, 0.4) is 0 Å². The van der Waals surface area contributed by atoms with Crippen molar-refractivity contribution in [3.63, 3.8) is 0 Å². The van der Waals surface area contributed by atoms with Gasteiger partial charge in [-0.05, 0) is 38.5 Å². The van der Waals surface area contributed by atoms with E-state index in [2.05, 4.69) is 23.3 Å². The molecule has 7 heteroatoms. The van der Waals surface area contributed by atoms with Gasteiger partial charge in [0.15, 0.2) is 0 Å². The Morgan fingerprint density at radius 3 is 2.58 bits per heavy atom. The van der Waals surface area contributed by atoms with Crippen LogP contribution >= 0.6 is 0 Å². The van der Waals surface area contributed by atoms with E-state index in [1.807, 2.05) is 9.80 Å². The fourth-order valence-corrected chi connectivity index (χ4v) is 3.23. The first-order valence-corrected chi connectivity index (χ1v) is 8.87. The molecule has 1 N–H and O–H groups in total. The van der Waals surface area contributed by atoms with Gasteiger partial charge < -0.3 is 19.5 Å². The van der Waals surface area contributed by atoms with Gasteiger partial charge in [-0.15, -0.1) is 0 Å². The largest absolute Gasteiger partial charge is 0.423 e. The minimum Gasteiger partial charge on any atom is -0.423 e. The summed E-state index contributed by atoms with van der Waals surface area (Å²) in [5, 5.41) is 12.4. The number of nitriles is 1. The average molecular weight is 329 g/mol. The summed E-state index contributed by atoms with van der Waals surface area (Å²) in [7, 11) is 0. The molecule has 4 rings (SSSR count). The number of urea groups is 1. The van der Waals surface area contributed by atoms with E-state index in [1.54, 1.807) is 0 Å². The molecule has 0 aromatic carbocycles. The second-order valence-corrected chi connectivity index (χ2v) is 7.14. The van der Waals surface area contributed by atoms with Gasteiger partial charge in [0.2, 0.25) is 17.5 Å². The monoisotopic (exact) mass is 329 g/mol. The molecule has 0 bridgehead atoms. The molecule has 3 aliphatic rings. The number of piperazine rings is 1. The predicted molar refractivity (Wildman–Crippen MR) is 87.7 cm³/mol. The number of carbonyl (C=O) groups excluding carboxylic acids is 1. The van der Waals surface area contributed by atoms with E-state index in [1.165, 1.54) is 12.8 Å². The first kappa shape index (κ1) is 15.3. The number of aromatic nitrogens is 1. The van der Waals surface area contributed by atoms with Crippen molar-refractivity contribution in [2.45, 2.75) is 44.6 Å². The van der Waals surface area contributed by atoms with Crippen LogP contribution < -0.4 is 10.2 Å². The number of oxazole rings is 1. The zero-order valence-electron chi connectivity index (χ0n) is 14.0. The highest BCUT2D eigenvalue weighted by Gasteiger charge is 2.34. The Kier molecular flexibility index (Phi) is 3.83. The van der Waals surface area contributed by atoms with Crippen LogP contribution in [0, 0.1) is 17.2 Å². The Bertz CT molecular complexity index is 663. The molecule has 0 radical (unpaired) electrons. The number of amides is 2. The fraction of sp³-hybridized carbons (Fsp3) is 0.706. The van der Waals surface area contributed by atoms with Crippen molar-refractivity contribution in [3.8, 4) is 6.07 Å². The van der Waals surface area contributed by atoms with Gasteiger partial charge in [-0.2, -0.15) is 5.26 Å². The summed E-state index contributed by atoms with van der Waals surface area (Å²) in [5.74, 6) is 2.32. The molecule has 3 fully saturated rings. The number of hydrogen-bond donors (Lipinski definition) is 1. The quantitative estimate of drug-likeness (QED) is 0.914. The lowest BCUT2D eigenvalue weighted by Crippen LogP contribution is -2.53. The van der Waals surface area contributed by atoms with E-state index in [0.29, 0.717) is 55.5 Å². The first-order chi connectivity index (χ1) is 11.7. The molecule has 1 atom stereocenters. The third kappa shape index (κ3) is 3.05. The summed E-state index contributed by atoms with van der Waals surface area (Å²) in [5.41, 5.74) is 0.372. The number of rotatable bonds is 4. The van der Waals surface area contributed by atoms with Gasteiger partial charge in [0, 0.05) is 38.1 Å². The van der Waals surface area contributed by atoms with Crippen molar-refractivity contribution in [3.05, 3.63) is 11.6 Å². The van der Waals surface area contributed by atoms with Gasteiger partial charge in [-0.25, -0.2) is 9.78 Å². The predicted octanol–water partition coefficient (Wildman–Crippen LogP) is 2.05. The molecule has 7 nitrogen and oxygen atoms in total. The highest BCUT2D eigenvalue weighted by Crippen LogP contribution is 2.41. The molecule has 2 heterocycles. The molecular weight excluding hydrogens is 306 g/mol. The summed E-state index contributed by atoms with van der Waals surface area (Å²) < 4.78 is 5.84. The number of hydrogen-bond acceptors (Lipinski definition) is 5. The van der Waals surface area contributed by atoms with Gasteiger partial charge in [-0.3, -0.25) is 0 Å². The minimum atomic E-state index is 0.0193. The minimum absolute atomic E-state index is 0.0193. The van der Waals surface area contributed by atoms with Crippen molar-refractivity contribution in [2.24, 2.45) is 5.92 Å². The third-order valence-electron chi connectivity index (χ3n) is 5.19. The summed E-state index contributed by atoms with van der Waals surface area (Å²) >= 11 is 0. The van der Waals surface area contributed by atoms with E-state index in [4.69, 9.17) is 4.42 Å². The molecule has 128 valence electrons. The second-order valence-electron chi connectivity index (χ2n) is 7.14. The molecule has 2 amide bonds. The van der Waals surface area contributed by atoms with Crippen molar-refractivity contribution in [2.75, 3.05) is 31.1 Å².